The lowest BCUT2D eigenvalue weighted by Gasteiger charge is -2.18. The Hall–Kier alpha value is -2.93. The van der Waals surface area contributed by atoms with Gasteiger partial charge in [-0.15, -0.1) is 0 Å². The first-order valence-electron chi connectivity index (χ1n) is 9.19. The number of imidazole rings is 1. The summed E-state index contributed by atoms with van der Waals surface area (Å²) >= 11 is 4.55. The Labute approximate surface area is 175 Å². The smallest absolute Gasteiger partial charge is 0.329 e. The van der Waals surface area contributed by atoms with Gasteiger partial charge in [0.1, 0.15) is 17.3 Å². The minimum atomic E-state index is -1.22. The van der Waals surface area contributed by atoms with Gasteiger partial charge in [0, 0.05) is 11.1 Å². The van der Waals surface area contributed by atoms with Gasteiger partial charge in [-0.1, -0.05) is 0 Å². The second kappa shape index (κ2) is 8.61. The van der Waals surface area contributed by atoms with Crippen molar-refractivity contribution < 1.29 is 19.0 Å². The molecule has 1 atom stereocenters. The largest absolute Gasteiger partial charge is 0.497 e. The third-order valence-corrected chi connectivity index (χ3v) is 4.97. The van der Waals surface area contributed by atoms with Gasteiger partial charge in [0.25, 0.3) is 0 Å². The fourth-order valence-electron chi connectivity index (χ4n) is 2.90. The van der Waals surface area contributed by atoms with Gasteiger partial charge in [-0.3, -0.25) is 4.79 Å². The molecule has 6 nitrogen and oxygen atoms in total. The van der Waals surface area contributed by atoms with Crippen LogP contribution in [0.15, 0.2) is 48.5 Å². The summed E-state index contributed by atoms with van der Waals surface area (Å²) in [6.45, 7) is 3.70. The van der Waals surface area contributed by atoms with E-state index >= 15 is 0 Å². The standard InChI is InChI=1S/C22H24N2O4S/c1-5-28-21(25)22(2,29)20-23-18(14-6-10-16(26-3)11-7-14)19(24-20)15-8-12-17(27-4)13-9-15/h6-13,29H,5H2,1-4H3,(H,23,24). The number of ether oxygens (including phenoxy) is 3. The summed E-state index contributed by atoms with van der Waals surface area (Å²) in [5.74, 6) is 1.46. The van der Waals surface area contributed by atoms with E-state index in [1.807, 2.05) is 48.5 Å². The molecule has 1 unspecified atom stereocenters. The molecule has 29 heavy (non-hydrogen) atoms. The van der Waals surface area contributed by atoms with Crippen LogP contribution in [0, 0.1) is 0 Å². The molecule has 3 aromatic rings. The molecule has 1 heterocycles. The zero-order valence-electron chi connectivity index (χ0n) is 16.9. The third kappa shape index (κ3) is 4.24. The van der Waals surface area contributed by atoms with Crippen molar-refractivity contribution in [1.29, 1.82) is 0 Å². The van der Waals surface area contributed by atoms with Gasteiger partial charge < -0.3 is 19.2 Å². The molecule has 0 aliphatic rings. The second-order valence-electron chi connectivity index (χ2n) is 6.56. The predicted octanol–water partition coefficient (Wildman–Crippen LogP) is 4.47. The van der Waals surface area contributed by atoms with Crippen LogP contribution in [0.5, 0.6) is 11.5 Å². The highest BCUT2D eigenvalue weighted by atomic mass is 32.1. The van der Waals surface area contributed by atoms with Crippen molar-refractivity contribution in [3.8, 4) is 34.0 Å². The molecular formula is C22H24N2O4S. The van der Waals surface area contributed by atoms with Gasteiger partial charge in [-0.05, 0) is 62.4 Å². The summed E-state index contributed by atoms with van der Waals surface area (Å²) < 4.78 is 14.5. The Balaban J connectivity index is 2.13. The number of hydrogen-bond acceptors (Lipinski definition) is 6. The van der Waals surface area contributed by atoms with Crippen molar-refractivity contribution in [3.63, 3.8) is 0 Å². The highest BCUT2D eigenvalue weighted by Crippen LogP contribution is 2.36. The molecular weight excluding hydrogens is 388 g/mol. The van der Waals surface area contributed by atoms with E-state index in [9.17, 15) is 4.79 Å². The van der Waals surface area contributed by atoms with Crippen LogP contribution in [-0.4, -0.2) is 36.8 Å². The number of aromatic nitrogens is 2. The minimum Gasteiger partial charge on any atom is -0.497 e. The average molecular weight is 413 g/mol. The summed E-state index contributed by atoms with van der Waals surface area (Å²) in [4.78, 5) is 20.4. The maximum absolute atomic E-state index is 12.4. The number of hydrogen-bond donors (Lipinski definition) is 2. The summed E-state index contributed by atoms with van der Waals surface area (Å²) in [7, 11) is 3.24. The molecule has 0 radical (unpaired) electrons. The van der Waals surface area contributed by atoms with E-state index in [1.54, 1.807) is 28.1 Å². The van der Waals surface area contributed by atoms with E-state index in [4.69, 9.17) is 19.2 Å². The number of H-pyrrole nitrogens is 1. The summed E-state index contributed by atoms with van der Waals surface area (Å²) in [5, 5.41) is 0. The number of benzene rings is 2. The van der Waals surface area contributed by atoms with Crippen LogP contribution < -0.4 is 9.47 Å². The van der Waals surface area contributed by atoms with E-state index < -0.39 is 10.7 Å². The van der Waals surface area contributed by atoms with Crippen molar-refractivity contribution in [2.45, 2.75) is 18.6 Å². The quantitative estimate of drug-likeness (QED) is 0.442. The monoisotopic (exact) mass is 412 g/mol. The zero-order valence-corrected chi connectivity index (χ0v) is 17.7. The Kier molecular flexibility index (Phi) is 6.17. The van der Waals surface area contributed by atoms with Crippen molar-refractivity contribution >= 4 is 18.6 Å². The molecule has 0 aliphatic heterocycles. The lowest BCUT2D eigenvalue weighted by molar-refractivity contribution is -0.146. The van der Waals surface area contributed by atoms with Crippen LogP contribution in [0.1, 0.15) is 19.7 Å². The summed E-state index contributed by atoms with van der Waals surface area (Å²) in [5.41, 5.74) is 3.27. The third-order valence-electron chi connectivity index (χ3n) is 4.58. The van der Waals surface area contributed by atoms with Gasteiger partial charge in [0.2, 0.25) is 0 Å². The number of nitrogens with one attached hydrogen (secondary N) is 1. The lowest BCUT2D eigenvalue weighted by atomic mass is 10.0. The first-order chi connectivity index (χ1) is 13.9. The molecule has 0 spiro atoms. The number of aromatic amines is 1. The van der Waals surface area contributed by atoms with Gasteiger partial charge in [0.15, 0.2) is 4.75 Å². The molecule has 7 heteroatoms. The maximum Gasteiger partial charge on any atom is 0.329 e. The van der Waals surface area contributed by atoms with Crippen LogP contribution in [-0.2, 0) is 14.3 Å². The summed E-state index contributed by atoms with van der Waals surface area (Å²) in [6, 6.07) is 15.2. The number of methoxy groups -OCH3 is 2. The highest BCUT2D eigenvalue weighted by Gasteiger charge is 2.37. The van der Waals surface area contributed by atoms with E-state index in [0.717, 1.165) is 28.3 Å². The van der Waals surface area contributed by atoms with Crippen molar-refractivity contribution in [2.75, 3.05) is 20.8 Å². The Morgan fingerprint density at radius 1 is 1.00 bits per heavy atom. The minimum absolute atomic E-state index is 0.270. The number of thiol groups is 1. The van der Waals surface area contributed by atoms with Crippen LogP contribution in [0.2, 0.25) is 0 Å². The summed E-state index contributed by atoms with van der Waals surface area (Å²) in [6.07, 6.45) is 0. The SMILES string of the molecule is CCOC(=O)C(C)(S)c1nc(-c2ccc(OC)cc2)c(-c2ccc(OC)cc2)[nH]1. The van der Waals surface area contributed by atoms with Crippen molar-refractivity contribution in [2.24, 2.45) is 0 Å². The molecule has 152 valence electrons. The van der Waals surface area contributed by atoms with Crippen LogP contribution in [0.4, 0.5) is 0 Å². The molecule has 1 aromatic heterocycles. The fourth-order valence-corrected chi connectivity index (χ4v) is 3.07. The topological polar surface area (TPSA) is 73.4 Å². The van der Waals surface area contributed by atoms with Crippen molar-refractivity contribution in [1.82, 2.24) is 9.97 Å². The zero-order chi connectivity index (χ0) is 21.0. The first-order valence-corrected chi connectivity index (χ1v) is 9.64. The van der Waals surface area contributed by atoms with E-state index in [1.165, 1.54) is 0 Å². The van der Waals surface area contributed by atoms with Crippen LogP contribution >= 0.6 is 12.6 Å². The van der Waals surface area contributed by atoms with E-state index in [0.29, 0.717) is 11.5 Å². The van der Waals surface area contributed by atoms with Gasteiger partial charge >= 0.3 is 5.97 Å². The number of carbonyl (C=O) groups is 1. The fraction of sp³-hybridized carbons (Fsp3) is 0.273. The Bertz CT molecular complexity index is 914. The molecule has 0 aliphatic carbocycles. The van der Waals surface area contributed by atoms with Gasteiger partial charge in [-0.25, -0.2) is 4.98 Å². The molecule has 3 rings (SSSR count). The molecule has 0 amide bonds. The number of nitrogens with zero attached hydrogens (tertiary/aromatic N) is 1. The average Bonchev–Trinajstić information content (AvgIpc) is 3.20. The van der Waals surface area contributed by atoms with Crippen LogP contribution in [0.25, 0.3) is 22.5 Å². The number of rotatable bonds is 7. The number of esters is 1. The van der Waals surface area contributed by atoms with E-state index in [2.05, 4.69) is 17.6 Å². The molecule has 1 N–H and O–H groups in total. The maximum atomic E-state index is 12.4. The molecule has 0 fully saturated rings. The number of carbonyl (C=O) groups excluding carboxylic acids is 1. The second-order valence-corrected chi connectivity index (χ2v) is 7.45. The molecule has 2 aromatic carbocycles. The van der Waals surface area contributed by atoms with Gasteiger partial charge in [-0.2, -0.15) is 12.6 Å². The van der Waals surface area contributed by atoms with Gasteiger partial charge in [0.05, 0.1) is 32.2 Å². The highest BCUT2D eigenvalue weighted by molar-refractivity contribution is 7.82. The van der Waals surface area contributed by atoms with Crippen LogP contribution in [0.3, 0.4) is 0 Å². The molecule has 0 bridgehead atoms. The Morgan fingerprint density at radius 2 is 1.52 bits per heavy atom. The molecule has 0 saturated carbocycles. The van der Waals surface area contributed by atoms with Crippen molar-refractivity contribution in [3.05, 3.63) is 54.4 Å². The normalized spacial score (nSPS) is 12.9. The molecule has 0 saturated heterocycles. The van der Waals surface area contributed by atoms with E-state index in [-0.39, 0.29) is 6.61 Å². The first kappa shape index (κ1) is 20.8. The Morgan fingerprint density at radius 3 is 2.00 bits per heavy atom. The predicted molar refractivity (Wildman–Crippen MR) is 116 cm³/mol. The lowest BCUT2D eigenvalue weighted by Crippen LogP contribution is -2.30.